The first-order valence-corrected chi connectivity index (χ1v) is 11.9. The minimum absolute atomic E-state index is 0.118. The summed E-state index contributed by atoms with van der Waals surface area (Å²) in [5.41, 5.74) is 6.46. The number of aryl methyl sites for hydroxylation is 2. The molecule has 0 radical (unpaired) electrons. The summed E-state index contributed by atoms with van der Waals surface area (Å²) in [5.74, 6) is 1.02. The maximum atomic E-state index is 13.3. The van der Waals surface area contributed by atoms with Crippen LogP contribution in [0.3, 0.4) is 0 Å². The molecule has 0 saturated heterocycles. The van der Waals surface area contributed by atoms with Gasteiger partial charge in [0.05, 0.1) is 5.56 Å². The summed E-state index contributed by atoms with van der Waals surface area (Å²) in [7, 11) is 0. The zero-order valence-electron chi connectivity index (χ0n) is 18.2. The van der Waals surface area contributed by atoms with E-state index in [-0.39, 0.29) is 17.3 Å². The van der Waals surface area contributed by atoms with Crippen LogP contribution in [0, 0.1) is 13.8 Å². The van der Waals surface area contributed by atoms with Gasteiger partial charge in [0.25, 0.3) is 5.56 Å². The van der Waals surface area contributed by atoms with E-state index in [2.05, 4.69) is 41.5 Å². The van der Waals surface area contributed by atoms with Crippen LogP contribution in [-0.2, 0) is 10.5 Å². The number of carbonyl (C=O) groups excluding carboxylic acids is 1. The van der Waals surface area contributed by atoms with E-state index < -0.39 is 0 Å². The Bertz CT molecular complexity index is 1270. The normalized spacial score (nSPS) is 17.6. The fraction of sp³-hybridized carbons (Fsp3) is 0.269. The minimum atomic E-state index is -0.387. The van der Waals surface area contributed by atoms with E-state index in [0.717, 1.165) is 41.0 Å². The molecular formula is C26H25N3O2S. The van der Waals surface area contributed by atoms with Crippen LogP contribution >= 0.6 is 11.8 Å². The van der Waals surface area contributed by atoms with E-state index in [4.69, 9.17) is 4.98 Å². The molecule has 1 aliphatic carbocycles. The maximum absolute atomic E-state index is 13.3. The zero-order valence-corrected chi connectivity index (χ0v) is 19.0. The van der Waals surface area contributed by atoms with Crippen molar-refractivity contribution in [2.24, 2.45) is 0 Å². The lowest BCUT2D eigenvalue weighted by Crippen LogP contribution is -2.32. The summed E-state index contributed by atoms with van der Waals surface area (Å²) in [6.07, 6.45) is 2.13. The number of Topliss-reactive ketones (excluding diaryl/α,β-unsaturated/α-hetero) is 1. The zero-order chi connectivity index (χ0) is 22.2. The van der Waals surface area contributed by atoms with Crippen molar-refractivity contribution < 1.29 is 4.79 Å². The van der Waals surface area contributed by atoms with Gasteiger partial charge in [0, 0.05) is 29.4 Å². The van der Waals surface area contributed by atoms with Crippen LogP contribution in [0.2, 0.25) is 0 Å². The number of thioether (sulfide) groups is 1. The molecule has 0 spiro atoms. The molecule has 0 fully saturated rings. The van der Waals surface area contributed by atoms with Gasteiger partial charge in [-0.2, -0.15) is 0 Å². The molecule has 1 aromatic heterocycles. The largest absolute Gasteiger partial charge is 0.343 e. The van der Waals surface area contributed by atoms with Crippen LogP contribution in [0.5, 0.6) is 0 Å². The molecule has 2 aromatic carbocycles. The van der Waals surface area contributed by atoms with Crippen molar-refractivity contribution in [3.05, 3.63) is 98.0 Å². The van der Waals surface area contributed by atoms with Crippen molar-refractivity contribution in [2.45, 2.75) is 49.9 Å². The van der Waals surface area contributed by atoms with Gasteiger partial charge in [0.1, 0.15) is 5.82 Å². The molecule has 6 heteroatoms. The number of nitrogens with zero attached hydrogens (tertiary/aromatic N) is 1. The van der Waals surface area contributed by atoms with E-state index in [1.165, 1.54) is 22.9 Å². The summed E-state index contributed by atoms with van der Waals surface area (Å²) in [6.45, 7) is 4.09. The van der Waals surface area contributed by atoms with Crippen LogP contribution in [0.25, 0.3) is 0 Å². The molecule has 3 aromatic rings. The molecular weight excluding hydrogens is 418 g/mol. The van der Waals surface area contributed by atoms with Crippen molar-refractivity contribution in [1.29, 1.82) is 0 Å². The van der Waals surface area contributed by atoms with Crippen LogP contribution in [0.15, 0.2) is 69.8 Å². The molecule has 0 bridgehead atoms. The highest BCUT2D eigenvalue weighted by molar-refractivity contribution is 7.98. The van der Waals surface area contributed by atoms with Gasteiger partial charge >= 0.3 is 0 Å². The second kappa shape index (κ2) is 8.43. The Hall–Kier alpha value is -3.12. The summed E-state index contributed by atoms with van der Waals surface area (Å²) >= 11 is 1.51. The van der Waals surface area contributed by atoms with Gasteiger partial charge in [-0.1, -0.05) is 71.4 Å². The number of carbonyl (C=O) groups is 1. The van der Waals surface area contributed by atoms with Gasteiger partial charge in [-0.05, 0) is 37.8 Å². The first kappa shape index (κ1) is 20.8. The number of aromatic nitrogens is 2. The third-order valence-electron chi connectivity index (χ3n) is 6.14. The Labute approximate surface area is 191 Å². The standard InChI is InChI=1S/C26H25N3O2S/c1-15-6-10-17(11-7-15)14-32-26-28-24-23(25(31)29-26)21(18-12-8-16(2)9-13-18)22-19(27-24)4-3-5-20(22)30/h6-13,21H,3-5,14H2,1-2H3,(H2,27,28,29,31)/t21-/m1/s1. The smallest absolute Gasteiger partial charge is 0.257 e. The van der Waals surface area contributed by atoms with Gasteiger partial charge in [0.2, 0.25) is 0 Å². The number of hydrogen-bond acceptors (Lipinski definition) is 5. The Morgan fingerprint density at radius 1 is 0.969 bits per heavy atom. The average molecular weight is 444 g/mol. The Balaban J connectivity index is 1.54. The predicted octanol–water partition coefficient (Wildman–Crippen LogP) is 5.24. The summed E-state index contributed by atoms with van der Waals surface area (Å²) in [4.78, 5) is 33.9. The first-order valence-electron chi connectivity index (χ1n) is 10.9. The van der Waals surface area contributed by atoms with Crippen molar-refractivity contribution in [1.82, 2.24) is 9.97 Å². The highest BCUT2D eigenvalue weighted by Crippen LogP contribution is 2.43. The fourth-order valence-electron chi connectivity index (χ4n) is 4.44. The molecule has 5 rings (SSSR count). The summed E-state index contributed by atoms with van der Waals surface area (Å²) < 4.78 is 0. The summed E-state index contributed by atoms with van der Waals surface area (Å²) in [5, 5.41) is 3.92. The highest BCUT2D eigenvalue weighted by Gasteiger charge is 2.37. The Morgan fingerprint density at radius 2 is 1.66 bits per heavy atom. The summed E-state index contributed by atoms with van der Waals surface area (Å²) in [6, 6.07) is 16.4. The third kappa shape index (κ3) is 3.91. The molecule has 5 nitrogen and oxygen atoms in total. The SMILES string of the molecule is Cc1ccc(CSc2nc3c(c(=O)[nH]2)[C@H](c2ccc(C)cc2)C2=C(CCCC2=O)N3)cc1. The maximum Gasteiger partial charge on any atom is 0.257 e. The van der Waals surface area contributed by atoms with Gasteiger partial charge in [-0.15, -0.1) is 0 Å². The number of hydrogen-bond donors (Lipinski definition) is 2. The average Bonchev–Trinajstić information content (AvgIpc) is 2.78. The van der Waals surface area contributed by atoms with E-state index in [9.17, 15) is 9.59 Å². The van der Waals surface area contributed by atoms with Gasteiger partial charge in [0.15, 0.2) is 10.9 Å². The lowest BCUT2D eigenvalue weighted by atomic mass is 9.76. The van der Waals surface area contributed by atoms with Gasteiger partial charge < -0.3 is 10.3 Å². The van der Waals surface area contributed by atoms with Crippen molar-refractivity contribution in [2.75, 3.05) is 5.32 Å². The first-order chi connectivity index (χ1) is 15.5. The second-order valence-electron chi connectivity index (χ2n) is 8.55. The number of ketones is 1. The number of fused-ring (bicyclic) bond motifs is 1. The Kier molecular flexibility index (Phi) is 5.47. The van der Waals surface area contributed by atoms with E-state index in [0.29, 0.717) is 23.0 Å². The number of anilines is 1. The van der Waals surface area contributed by atoms with Gasteiger partial charge in [-0.25, -0.2) is 4.98 Å². The number of nitrogens with one attached hydrogen (secondary N) is 2. The minimum Gasteiger partial charge on any atom is -0.343 e. The number of allylic oxidation sites excluding steroid dienone is 2. The van der Waals surface area contributed by atoms with Crippen molar-refractivity contribution in [3.8, 4) is 0 Å². The van der Waals surface area contributed by atoms with E-state index in [1.54, 1.807) is 0 Å². The number of rotatable bonds is 4. The monoisotopic (exact) mass is 443 g/mol. The molecule has 2 aliphatic rings. The second-order valence-corrected chi connectivity index (χ2v) is 9.51. The molecule has 0 unspecified atom stereocenters. The van der Waals surface area contributed by atoms with E-state index >= 15 is 0 Å². The number of H-pyrrole nitrogens is 1. The topological polar surface area (TPSA) is 74.8 Å². The van der Waals surface area contributed by atoms with Crippen LogP contribution in [0.4, 0.5) is 5.82 Å². The van der Waals surface area contributed by atoms with Crippen molar-refractivity contribution >= 4 is 23.4 Å². The number of aromatic amines is 1. The molecule has 1 aliphatic heterocycles. The van der Waals surface area contributed by atoms with Crippen LogP contribution in [0.1, 0.15) is 53.0 Å². The lowest BCUT2D eigenvalue weighted by molar-refractivity contribution is -0.116. The Morgan fingerprint density at radius 3 is 2.38 bits per heavy atom. The van der Waals surface area contributed by atoms with Gasteiger partial charge in [-0.3, -0.25) is 9.59 Å². The molecule has 0 amide bonds. The number of benzene rings is 2. The quantitative estimate of drug-likeness (QED) is 0.426. The molecule has 2 N–H and O–H groups in total. The molecule has 32 heavy (non-hydrogen) atoms. The molecule has 1 atom stereocenters. The predicted molar refractivity (Wildman–Crippen MR) is 128 cm³/mol. The van der Waals surface area contributed by atoms with E-state index in [1.807, 2.05) is 31.2 Å². The highest BCUT2D eigenvalue weighted by atomic mass is 32.2. The molecule has 162 valence electrons. The fourth-order valence-corrected chi connectivity index (χ4v) is 5.25. The lowest BCUT2D eigenvalue weighted by Gasteiger charge is -2.32. The van der Waals surface area contributed by atoms with Crippen LogP contribution in [-0.4, -0.2) is 15.8 Å². The molecule has 2 heterocycles. The third-order valence-corrected chi connectivity index (χ3v) is 7.09. The molecule has 0 saturated carbocycles. The van der Waals surface area contributed by atoms with Crippen molar-refractivity contribution in [3.63, 3.8) is 0 Å². The van der Waals surface area contributed by atoms with Crippen LogP contribution < -0.4 is 10.9 Å².